The molecule has 31 heavy (non-hydrogen) atoms. The monoisotopic (exact) mass is 420 g/mol. The first-order valence-corrected chi connectivity index (χ1v) is 10.4. The maximum atomic E-state index is 12.6. The number of esters is 1. The second-order valence-electron chi connectivity index (χ2n) is 8.36. The van der Waals surface area contributed by atoms with E-state index < -0.39 is 17.8 Å². The Kier molecular flexibility index (Phi) is 5.59. The molecule has 2 aromatic carbocycles. The second kappa shape index (κ2) is 8.34. The third-order valence-electron chi connectivity index (χ3n) is 5.70. The van der Waals surface area contributed by atoms with Crippen molar-refractivity contribution in [1.29, 1.82) is 0 Å². The Bertz CT molecular complexity index is 1000. The molecule has 0 N–H and O–H groups in total. The zero-order valence-electron chi connectivity index (χ0n) is 17.5. The molecule has 3 amide bonds. The quantitative estimate of drug-likeness (QED) is 0.560. The van der Waals surface area contributed by atoms with Crippen LogP contribution in [-0.2, 0) is 9.53 Å². The summed E-state index contributed by atoms with van der Waals surface area (Å²) in [6.07, 6.45) is 1.09. The molecule has 0 saturated carbocycles. The highest BCUT2D eigenvalue weighted by Crippen LogP contribution is 2.28. The van der Waals surface area contributed by atoms with Crippen LogP contribution in [0, 0.1) is 11.8 Å². The van der Waals surface area contributed by atoms with Gasteiger partial charge in [-0.1, -0.05) is 26.0 Å². The first kappa shape index (κ1) is 20.8. The van der Waals surface area contributed by atoms with Gasteiger partial charge in [-0.05, 0) is 54.7 Å². The van der Waals surface area contributed by atoms with Crippen molar-refractivity contribution >= 4 is 29.4 Å². The van der Waals surface area contributed by atoms with Crippen LogP contribution in [0.1, 0.15) is 51.3 Å². The molecule has 0 radical (unpaired) electrons. The number of imide groups is 1. The lowest BCUT2D eigenvalue weighted by Crippen LogP contribution is -2.44. The lowest BCUT2D eigenvalue weighted by atomic mass is 9.92. The van der Waals surface area contributed by atoms with E-state index in [1.54, 1.807) is 29.2 Å². The van der Waals surface area contributed by atoms with Crippen molar-refractivity contribution in [3.63, 3.8) is 0 Å². The summed E-state index contributed by atoms with van der Waals surface area (Å²) < 4.78 is 5.19. The Balaban J connectivity index is 1.38. The van der Waals surface area contributed by atoms with Crippen LogP contribution < -0.4 is 4.90 Å². The van der Waals surface area contributed by atoms with E-state index in [1.165, 1.54) is 24.3 Å². The summed E-state index contributed by atoms with van der Waals surface area (Å²) in [4.78, 5) is 52.7. The first-order chi connectivity index (χ1) is 14.8. The van der Waals surface area contributed by atoms with Gasteiger partial charge in [-0.2, -0.15) is 0 Å². The van der Waals surface area contributed by atoms with Crippen LogP contribution >= 0.6 is 0 Å². The van der Waals surface area contributed by atoms with Gasteiger partial charge in [0.1, 0.15) is 0 Å². The molecule has 2 heterocycles. The average Bonchev–Trinajstić information content (AvgIpc) is 3.01. The number of carbonyl (C=O) groups is 4. The summed E-state index contributed by atoms with van der Waals surface area (Å²) in [6, 6.07) is 12.7. The maximum absolute atomic E-state index is 12.6. The Morgan fingerprint density at radius 2 is 1.45 bits per heavy atom. The van der Waals surface area contributed by atoms with Gasteiger partial charge in [0.2, 0.25) is 0 Å². The number of nitrogens with zero attached hydrogens (tertiary/aromatic N) is 2. The molecular weight excluding hydrogens is 396 g/mol. The first-order valence-electron chi connectivity index (χ1n) is 10.4. The fourth-order valence-electron chi connectivity index (χ4n) is 4.34. The average molecular weight is 420 g/mol. The second-order valence-corrected chi connectivity index (χ2v) is 8.36. The van der Waals surface area contributed by atoms with E-state index in [-0.39, 0.29) is 18.1 Å². The molecule has 2 aromatic rings. The van der Waals surface area contributed by atoms with Crippen molar-refractivity contribution in [2.45, 2.75) is 20.3 Å². The van der Waals surface area contributed by atoms with E-state index in [0.29, 0.717) is 41.7 Å². The fourth-order valence-corrected chi connectivity index (χ4v) is 4.34. The number of piperidine rings is 1. The normalized spacial score (nSPS) is 20.6. The highest BCUT2D eigenvalue weighted by molar-refractivity contribution is 6.34. The molecule has 0 bridgehead atoms. The minimum absolute atomic E-state index is 0.200. The molecule has 2 aliphatic rings. The Morgan fingerprint density at radius 1 is 0.903 bits per heavy atom. The van der Waals surface area contributed by atoms with E-state index in [2.05, 4.69) is 13.8 Å². The Labute approximate surface area is 180 Å². The molecular formula is C24H24N2O5. The molecule has 1 fully saturated rings. The van der Waals surface area contributed by atoms with Gasteiger partial charge in [-0.15, -0.1) is 0 Å². The predicted molar refractivity (Wildman–Crippen MR) is 114 cm³/mol. The van der Waals surface area contributed by atoms with Crippen molar-refractivity contribution in [3.8, 4) is 0 Å². The number of fused-ring (bicyclic) bond motifs is 1. The smallest absolute Gasteiger partial charge is 0.338 e. The van der Waals surface area contributed by atoms with Crippen LogP contribution in [0.15, 0.2) is 48.5 Å². The van der Waals surface area contributed by atoms with Crippen LogP contribution in [0.2, 0.25) is 0 Å². The number of hydrogen-bond acceptors (Lipinski definition) is 5. The molecule has 2 aliphatic heterocycles. The summed E-state index contributed by atoms with van der Waals surface area (Å²) in [7, 11) is 0. The molecule has 7 nitrogen and oxygen atoms in total. The number of hydrogen-bond donors (Lipinski definition) is 0. The highest BCUT2D eigenvalue weighted by atomic mass is 16.5. The number of likely N-dealkylation sites (tertiary alicyclic amines) is 1. The van der Waals surface area contributed by atoms with E-state index in [0.717, 1.165) is 11.3 Å². The standard InChI is InChI=1S/C24H24N2O5/c1-15-11-16(2)13-25(12-15)21(27)14-31-24(30)17-7-9-18(10-8-17)26-22(28)19-5-3-4-6-20(19)23(26)29/h3-10,15-16H,11-14H2,1-2H3. The van der Waals surface area contributed by atoms with Crippen LogP contribution in [0.25, 0.3) is 0 Å². The SMILES string of the molecule is CC1CC(C)CN(C(=O)COC(=O)c2ccc(N3C(=O)c4ccccc4C3=O)cc2)C1. The summed E-state index contributed by atoms with van der Waals surface area (Å²) in [5.74, 6) is -0.760. The summed E-state index contributed by atoms with van der Waals surface area (Å²) >= 11 is 0. The maximum Gasteiger partial charge on any atom is 0.338 e. The molecule has 2 unspecified atom stereocenters. The van der Waals surface area contributed by atoms with Gasteiger partial charge in [0.25, 0.3) is 17.7 Å². The van der Waals surface area contributed by atoms with Crippen LogP contribution in [0.3, 0.4) is 0 Å². The highest BCUT2D eigenvalue weighted by Gasteiger charge is 2.36. The van der Waals surface area contributed by atoms with Gasteiger partial charge < -0.3 is 9.64 Å². The number of ether oxygens (including phenoxy) is 1. The topological polar surface area (TPSA) is 84.0 Å². The zero-order valence-corrected chi connectivity index (χ0v) is 17.5. The number of amides is 3. The molecule has 1 saturated heterocycles. The van der Waals surface area contributed by atoms with Crippen molar-refractivity contribution in [2.75, 3.05) is 24.6 Å². The summed E-state index contributed by atoms with van der Waals surface area (Å²) in [5, 5.41) is 0. The molecule has 0 aliphatic carbocycles. The predicted octanol–water partition coefficient (Wildman–Crippen LogP) is 3.15. The lowest BCUT2D eigenvalue weighted by molar-refractivity contribution is -0.137. The minimum atomic E-state index is -0.625. The van der Waals surface area contributed by atoms with Gasteiger partial charge in [0, 0.05) is 13.1 Å². The van der Waals surface area contributed by atoms with Crippen LogP contribution in [0.5, 0.6) is 0 Å². The van der Waals surface area contributed by atoms with Gasteiger partial charge in [0.05, 0.1) is 22.4 Å². The molecule has 0 spiro atoms. The fraction of sp³-hybridized carbons (Fsp3) is 0.333. The number of carbonyl (C=O) groups excluding carboxylic acids is 4. The van der Waals surface area contributed by atoms with E-state index >= 15 is 0 Å². The molecule has 0 aromatic heterocycles. The molecule has 4 rings (SSSR count). The zero-order chi connectivity index (χ0) is 22.1. The summed E-state index contributed by atoms with van der Waals surface area (Å²) in [5.41, 5.74) is 1.33. The van der Waals surface area contributed by atoms with Crippen molar-refractivity contribution in [1.82, 2.24) is 4.90 Å². The molecule has 160 valence electrons. The Hall–Kier alpha value is -3.48. The third-order valence-corrected chi connectivity index (χ3v) is 5.70. The van der Waals surface area contributed by atoms with Crippen molar-refractivity contribution in [2.24, 2.45) is 11.8 Å². The molecule has 7 heteroatoms. The number of benzene rings is 2. The largest absolute Gasteiger partial charge is 0.452 e. The van der Waals surface area contributed by atoms with Crippen molar-refractivity contribution < 1.29 is 23.9 Å². The van der Waals surface area contributed by atoms with E-state index in [1.807, 2.05) is 0 Å². The van der Waals surface area contributed by atoms with Crippen LogP contribution in [0.4, 0.5) is 5.69 Å². The van der Waals surface area contributed by atoms with Crippen LogP contribution in [-0.4, -0.2) is 48.3 Å². The number of anilines is 1. The number of rotatable bonds is 4. The minimum Gasteiger partial charge on any atom is -0.452 e. The van der Waals surface area contributed by atoms with E-state index in [9.17, 15) is 19.2 Å². The lowest BCUT2D eigenvalue weighted by Gasteiger charge is -2.34. The third kappa shape index (κ3) is 4.08. The summed E-state index contributed by atoms with van der Waals surface area (Å²) in [6.45, 7) is 5.26. The van der Waals surface area contributed by atoms with Gasteiger partial charge in [0.15, 0.2) is 6.61 Å². The van der Waals surface area contributed by atoms with Gasteiger partial charge in [-0.3, -0.25) is 14.4 Å². The molecule has 2 atom stereocenters. The van der Waals surface area contributed by atoms with Crippen molar-refractivity contribution in [3.05, 3.63) is 65.2 Å². The van der Waals surface area contributed by atoms with Gasteiger partial charge in [-0.25, -0.2) is 9.69 Å². The Morgan fingerprint density at radius 3 is 2.00 bits per heavy atom. The van der Waals surface area contributed by atoms with Gasteiger partial charge >= 0.3 is 5.97 Å². The van der Waals surface area contributed by atoms with E-state index in [4.69, 9.17) is 4.74 Å².